The molecular formula is C7H7N3S. The van der Waals surface area contributed by atoms with E-state index in [0.717, 1.165) is 10.7 Å². The summed E-state index contributed by atoms with van der Waals surface area (Å²) in [5, 5.41) is 5.02. The monoisotopic (exact) mass is 165 g/mol. The van der Waals surface area contributed by atoms with Crippen molar-refractivity contribution in [2.24, 2.45) is 0 Å². The van der Waals surface area contributed by atoms with E-state index in [0.29, 0.717) is 0 Å². The SMILES string of the molecule is CSc1ncc2cccn2n1. The minimum atomic E-state index is 0.800. The van der Waals surface area contributed by atoms with Gasteiger partial charge in [0.05, 0.1) is 11.7 Å². The van der Waals surface area contributed by atoms with Crippen molar-refractivity contribution in [3.8, 4) is 0 Å². The third-order valence-corrected chi connectivity index (χ3v) is 1.99. The number of aromatic nitrogens is 3. The van der Waals surface area contributed by atoms with E-state index in [1.54, 1.807) is 11.8 Å². The van der Waals surface area contributed by atoms with Crippen LogP contribution in [0.4, 0.5) is 0 Å². The number of hydrogen-bond acceptors (Lipinski definition) is 3. The second-order valence-electron chi connectivity index (χ2n) is 2.12. The summed E-state index contributed by atoms with van der Waals surface area (Å²) in [7, 11) is 0. The molecule has 0 saturated heterocycles. The second kappa shape index (κ2) is 2.54. The predicted molar refractivity (Wildman–Crippen MR) is 44.8 cm³/mol. The summed E-state index contributed by atoms with van der Waals surface area (Å²) in [5.74, 6) is 0. The fourth-order valence-electron chi connectivity index (χ4n) is 0.912. The zero-order valence-corrected chi connectivity index (χ0v) is 6.88. The van der Waals surface area contributed by atoms with Crippen molar-refractivity contribution in [2.45, 2.75) is 5.16 Å². The summed E-state index contributed by atoms with van der Waals surface area (Å²) < 4.78 is 1.82. The molecule has 0 atom stereocenters. The molecule has 0 aliphatic rings. The summed E-state index contributed by atoms with van der Waals surface area (Å²) in [6.07, 6.45) is 5.69. The summed E-state index contributed by atoms with van der Waals surface area (Å²) >= 11 is 1.54. The van der Waals surface area contributed by atoms with Crippen molar-refractivity contribution in [1.82, 2.24) is 14.6 Å². The molecule has 2 aromatic heterocycles. The molecule has 2 rings (SSSR count). The van der Waals surface area contributed by atoms with Crippen molar-refractivity contribution in [3.05, 3.63) is 24.5 Å². The average molecular weight is 165 g/mol. The van der Waals surface area contributed by atoms with E-state index in [2.05, 4.69) is 10.1 Å². The lowest BCUT2D eigenvalue weighted by Gasteiger charge is -1.94. The zero-order valence-electron chi connectivity index (χ0n) is 6.06. The Kier molecular flexibility index (Phi) is 1.54. The minimum Gasteiger partial charge on any atom is -0.237 e. The summed E-state index contributed by atoms with van der Waals surface area (Å²) in [5.41, 5.74) is 1.03. The predicted octanol–water partition coefficient (Wildman–Crippen LogP) is 1.45. The molecule has 0 amide bonds. The smallest absolute Gasteiger partial charge is 0.207 e. The first-order valence-electron chi connectivity index (χ1n) is 3.24. The summed E-state index contributed by atoms with van der Waals surface area (Å²) in [4.78, 5) is 4.13. The third kappa shape index (κ3) is 1.09. The van der Waals surface area contributed by atoms with Crippen LogP contribution in [0.2, 0.25) is 0 Å². The Hall–Kier alpha value is -1.03. The number of fused-ring (bicyclic) bond motifs is 1. The molecule has 0 fully saturated rings. The van der Waals surface area contributed by atoms with Crippen molar-refractivity contribution in [2.75, 3.05) is 6.26 Å². The Labute approximate surface area is 68.4 Å². The molecule has 2 aromatic rings. The van der Waals surface area contributed by atoms with Gasteiger partial charge in [0.15, 0.2) is 0 Å². The van der Waals surface area contributed by atoms with Gasteiger partial charge < -0.3 is 0 Å². The molecule has 0 aliphatic carbocycles. The first kappa shape index (κ1) is 6.67. The molecule has 11 heavy (non-hydrogen) atoms. The van der Waals surface area contributed by atoms with E-state index in [9.17, 15) is 0 Å². The largest absolute Gasteiger partial charge is 0.237 e. The fraction of sp³-hybridized carbons (Fsp3) is 0.143. The first-order valence-corrected chi connectivity index (χ1v) is 4.47. The van der Waals surface area contributed by atoms with E-state index in [1.807, 2.05) is 35.3 Å². The molecule has 0 bridgehead atoms. The molecule has 2 heterocycles. The van der Waals surface area contributed by atoms with Crippen LogP contribution in [0.1, 0.15) is 0 Å². The van der Waals surface area contributed by atoms with Crippen LogP contribution in [0.25, 0.3) is 5.52 Å². The van der Waals surface area contributed by atoms with Gasteiger partial charge in [0.1, 0.15) is 0 Å². The molecule has 0 unspecified atom stereocenters. The van der Waals surface area contributed by atoms with Gasteiger partial charge in [0, 0.05) is 6.20 Å². The lowest BCUT2D eigenvalue weighted by molar-refractivity contribution is 0.799. The number of thioether (sulfide) groups is 1. The highest BCUT2D eigenvalue weighted by atomic mass is 32.2. The highest BCUT2D eigenvalue weighted by Gasteiger charge is 1.95. The van der Waals surface area contributed by atoms with Crippen LogP contribution in [-0.4, -0.2) is 20.9 Å². The molecule has 0 spiro atoms. The molecular weight excluding hydrogens is 158 g/mol. The quantitative estimate of drug-likeness (QED) is 0.599. The Balaban J connectivity index is 2.67. The van der Waals surface area contributed by atoms with E-state index in [4.69, 9.17) is 0 Å². The van der Waals surface area contributed by atoms with Gasteiger partial charge in [0.2, 0.25) is 5.16 Å². The van der Waals surface area contributed by atoms with Crippen LogP contribution in [0, 0.1) is 0 Å². The summed E-state index contributed by atoms with van der Waals surface area (Å²) in [6, 6.07) is 3.93. The van der Waals surface area contributed by atoms with Gasteiger partial charge in [-0.2, -0.15) is 0 Å². The minimum absolute atomic E-state index is 0.800. The van der Waals surface area contributed by atoms with Crippen molar-refractivity contribution in [3.63, 3.8) is 0 Å². The van der Waals surface area contributed by atoms with Crippen LogP contribution in [0.5, 0.6) is 0 Å². The molecule has 0 radical (unpaired) electrons. The molecule has 0 aromatic carbocycles. The number of hydrogen-bond donors (Lipinski definition) is 0. The van der Waals surface area contributed by atoms with E-state index in [-0.39, 0.29) is 0 Å². The lowest BCUT2D eigenvalue weighted by Crippen LogP contribution is -1.93. The normalized spacial score (nSPS) is 10.6. The van der Waals surface area contributed by atoms with Gasteiger partial charge in [-0.15, -0.1) is 5.10 Å². The van der Waals surface area contributed by atoms with Crippen molar-refractivity contribution >= 4 is 17.3 Å². The highest BCUT2D eigenvalue weighted by molar-refractivity contribution is 7.98. The fourth-order valence-corrected chi connectivity index (χ4v) is 1.24. The third-order valence-electron chi connectivity index (χ3n) is 1.44. The van der Waals surface area contributed by atoms with Crippen molar-refractivity contribution < 1.29 is 0 Å². The molecule has 56 valence electrons. The van der Waals surface area contributed by atoms with Gasteiger partial charge in [-0.3, -0.25) is 0 Å². The molecule has 4 heteroatoms. The van der Waals surface area contributed by atoms with Gasteiger partial charge in [-0.1, -0.05) is 11.8 Å². The van der Waals surface area contributed by atoms with Gasteiger partial charge in [-0.05, 0) is 18.4 Å². The van der Waals surface area contributed by atoms with E-state index < -0.39 is 0 Å². The molecule has 0 saturated carbocycles. The van der Waals surface area contributed by atoms with E-state index in [1.165, 1.54) is 0 Å². The van der Waals surface area contributed by atoms with Crippen LogP contribution >= 0.6 is 11.8 Å². The number of nitrogens with zero attached hydrogens (tertiary/aromatic N) is 3. The van der Waals surface area contributed by atoms with Crippen LogP contribution in [0.3, 0.4) is 0 Å². The average Bonchev–Trinajstić information content (AvgIpc) is 2.50. The zero-order chi connectivity index (χ0) is 7.68. The maximum atomic E-state index is 4.22. The highest BCUT2D eigenvalue weighted by Crippen LogP contribution is 2.08. The first-order chi connectivity index (χ1) is 5.40. The summed E-state index contributed by atoms with van der Waals surface area (Å²) in [6.45, 7) is 0. The Morgan fingerprint density at radius 3 is 3.27 bits per heavy atom. The standard InChI is InChI=1S/C7H7N3S/c1-11-7-8-5-6-3-2-4-10(6)9-7/h2-5H,1H3. The van der Waals surface area contributed by atoms with Crippen LogP contribution < -0.4 is 0 Å². The molecule has 0 aliphatic heterocycles. The Bertz CT molecular complexity index is 368. The molecule has 3 nitrogen and oxygen atoms in total. The van der Waals surface area contributed by atoms with Crippen molar-refractivity contribution in [1.29, 1.82) is 0 Å². The van der Waals surface area contributed by atoms with Gasteiger partial charge in [-0.25, -0.2) is 9.50 Å². The Morgan fingerprint density at radius 1 is 1.55 bits per heavy atom. The lowest BCUT2D eigenvalue weighted by atomic mass is 10.5. The van der Waals surface area contributed by atoms with Gasteiger partial charge in [0.25, 0.3) is 0 Å². The second-order valence-corrected chi connectivity index (χ2v) is 2.90. The van der Waals surface area contributed by atoms with E-state index >= 15 is 0 Å². The Morgan fingerprint density at radius 2 is 2.45 bits per heavy atom. The topological polar surface area (TPSA) is 30.2 Å². The van der Waals surface area contributed by atoms with Gasteiger partial charge >= 0.3 is 0 Å². The van der Waals surface area contributed by atoms with Crippen LogP contribution in [0.15, 0.2) is 29.7 Å². The molecule has 0 N–H and O–H groups in total. The maximum Gasteiger partial charge on any atom is 0.207 e. The van der Waals surface area contributed by atoms with Crippen LogP contribution in [-0.2, 0) is 0 Å². The number of rotatable bonds is 1. The maximum absolute atomic E-state index is 4.22.